The number of hydrogen-bond donors (Lipinski definition) is 2. The van der Waals surface area contributed by atoms with E-state index in [1.807, 2.05) is 71.0 Å². The van der Waals surface area contributed by atoms with Gasteiger partial charge >= 0.3 is 5.97 Å². The molecule has 1 saturated heterocycles. The fraction of sp³-hybridized carbons (Fsp3) is 0.528. The smallest absolute Gasteiger partial charge is 0.335 e. The number of ether oxygens (including phenoxy) is 4. The van der Waals surface area contributed by atoms with Crippen molar-refractivity contribution >= 4 is 29.4 Å². The summed E-state index contributed by atoms with van der Waals surface area (Å²) in [7, 11) is 1.53. The van der Waals surface area contributed by atoms with Gasteiger partial charge in [0.25, 0.3) is 0 Å². The zero-order chi connectivity index (χ0) is 33.4. The molecule has 9 nitrogen and oxygen atoms in total. The lowest BCUT2D eigenvalue weighted by Gasteiger charge is -2.30. The molecule has 2 amide bonds. The molecule has 0 radical (unpaired) electrons. The highest BCUT2D eigenvalue weighted by Gasteiger charge is 2.47. The number of methoxy groups -OCH3 is 1. The van der Waals surface area contributed by atoms with Crippen LogP contribution in [-0.2, 0) is 35.0 Å². The van der Waals surface area contributed by atoms with Crippen LogP contribution in [0.25, 0.3) is 0 Å². The van der Waals surface area contributed by atoms with E-state index in [0.717, 1.165) is 11.1 Å². The van der Waals surface area contributed by atoms with Gasteiger partial charge < -0.3 is 29.6 Å². The number of carbonyl (C=O) groups excluding carboxylic acids is 3. The van der Waals surface area contributed by atoms with Crippen molar-refractivity contribution in [1.82, 2.24) is 10.6 Å². The highest BCUT2D eigenvalue weighted by Crippen LogP contribution is 2.45. The molecule has 46 heavy (non-hydrogen) atoms. The minimum atomic E-state index is -0.862. The Morgan fingerprint density at radius 3 is 2.48 bits per heavy atom. The van der Waals surface area contributed by atoms with Crippen molar-refractivity contribution < 1.29 is 33.3 Å². The molecule has 0 bridgehead atoms. The van der Waals surface area contributed by atoms with E-state index in [-0.39, 0.29) is 55.9 Å². The van der Waals surface area contributed by atoms with Crippen LogP contribution in [0.1, 0.15) is 64.7 Å². The van der Waals surface area contributed by atoms with Gasteiger partial charge in [-0.1, -0.05) is 88.7 Å². The molecule has 2 N–H and O–H groups in total. The molecular weight excluding hydrogens is 608 g/mol. The Labute approximate surface area is 277 Å². The predicted octanol–water partition coefficient (Wildman–Crippen LogP) is 5.60. The Balaban J connectivity index is 1.57. The molecule has 1 fully saturated rings. The van der Waals surface area contributed by atoms with Crippen LogP contribution < -0.4 is 15.4 Å². The highest BCUT2D eigenvalue weighted by molar-refractivity contribution is 6.32. The number of cyclic esters (lactones) is 1. The van der Waals surface area contributed by atoms with E-state index < -0.39 is 35.5 Å². The first kappa shape index (κ1) is 35.5. The van der Waals surface area contributed by atoms with Gasteiger partial charge in [0.2, 0.25) is 11.8 Å². The Bertz CT molecular complexity index is 1380. The average molecular weight is 655 g/mol. The molecule has 250 valence electrons. The number of hydrogen-bond acceptors (Lipinski definition) is 7. The molecular formula is C36H47ClN2O7. The molecule has 3 unspecified atom stereocenters. The molecule has 2 aromatic rings. The minimum Gasteiger partial charge on any atom is -0.495 e. The van der Waals surface area contributed by atoms with Gasteiger partial charge in [0.05, 0.1) is 24.8 Å². The maximum Gasteiger partial charge on any atom is 0.335 e. The van der Waals surface area contributed by atoms with Gasteiger partial charge in [0, 0.05) is 30.7 Å². The summed E-state index contributed by atoms with van der Waals surface area (Å²) in [6.45, 7) is 10.4. The van der Waals surface area contributed by atoms with Crippen molar-refractivity contribution in [3.8, 4) is 5.75 Å². The molecule has 2 aliphatic heterocycles. The first-order valence-electron chi connectivity index (χ1n) is 16.0. The predicted molar refractivity (Wildman–Crippen MR) is 176 cm³/mol. The Morgan fingerprint density at radius 2 is 1.80 bits per heavy atom. The molecule has 6 atom stereocenters. The monoisotopic (exact) mass is 654 g/mol. The van der Waals surface area contributed by atoms with E-state index in [2.05, 4.69) is 10.6 Å². The zero-order valence-corrected chi connectivity index (χ0v) is 28.3. The number of amides is 2. The van der Waals surface area contributed by atoms with Crippen molar-refractivity contribution in [3.05, 3.63) is 76.8 Å². The van der Waals surface area contributed by atoms with E-state index in [4.69, 9.17) is 30.5 Å². The van der Waals surface area contributed by atoms with E-state index in [1.165, 1.54) is 13.2 Å². The van der Waals surface area contributed by atoms with Crippen LogP contribution >= 0.6 is 11.6 Å². The van der Waals surface area contributed by atoms with Gasteiger partial charge in [0.15, 0.2) is 6.10 Å². The van der Waals surface area contributed by atoms with Gasteiger partial charge in [-0.2, -0.15) is 0 Å². The van der Waals surface area contributed by atoms with Crippen molar-refractivity contribution in [2.45, 2.75) is 84.3 Å². The number of halogens is 1. The standard InChI is InChI=1S/C36H47ClN2O7/c1-22(2)17-30-35(42)45-28(23(3)32-33(46-32)25-11-8-7-9-12-25)13-10-14-31(40)39-27(34(41)38-20-36(4,5)21-44-30)19-24-15-16-29(43-6)26(37)18-24/h7-12,14-16,18,22-23,27-28,30,32-33H,13,17,19-21H2,1-6H3,(H,38,41)(H,39,40)/b14-10+/t23-,27+,28?,30-,32?,33?/m0/s1. The first-order valence-corrected chi connectivity index (χ1v) is 16.3. The molecule has 2 aliphatic rings. The SMILES string of the molecule is COc1ccc(C[C@H]2NC(=O)/C=C/CC([C@H](C)C3OC3c3ccccc3)OC(=O)[C@H](CC(C)C)OCC(C)(C)CNC2=O)cc1Cl. The van der Waals surface area contributed by atoms with Crippen LogP contribution in [0.5, 0.6) is 5.75 Å². The van der Waals surface area contributed by atoms with Crippen LogP contribution in [0.4, 0.5) is 0 Å². The normalized spacial score (nSPS) is 27.2. The van der Waals surface area contributed by atoms with Crippen molar-refractivity contribution in [2.75, 3.05) is 20.3 Å². The average Bonchev–Trinajstić information content (AvgIpc) is 3.82. The lowest BCUT2D eigenvalue weighted by molar-refractivity contribution is -0.168. The molecule has 10 heteroatoms. The second-order valence-corrected chi connectivity index (χ2v) is 13.9. The topological polar surface area (TPSA) is 115 Å². The number of epoxide rings is 1. The van der Waals surface area contributed by atoms with E-state index in [9.17, 15) is 14.4 Å². The van der Waals surface area contributed by atoms with E-state index >= 15 is 0 Å². The van der Waals surface area contributed by atoms with Crippen LogP contribution in [0.2, 0.25) is 5.02 Å². The summed E-state index contributed by atoms with van der Waals surface area (Å²) in [6, 6.07) is 14.4. The maximum atomic E-state index is 13.6. The van der Waals surface area contributed by atoms with Gasteiger partial charge in [0.1, 0.15) is 24.0 Å². The third-order valence-electron chi connectivity index (χ3n) is 8.32. The van der Waals surface area contributed by atoms with Crippen LogP contribution in [0.15, 0.2) is 60.7 Å². The van der Waals surface area contributed by atoms with Crippen molar-refractivity contribution in [1.29, 1.82) is 0 Å². The van der Waals surface area contributed by atoms with Gasteiger partial charge in [-0.3, -0.25) is 9.59 Å². The number of rotatable bonds is 8. The fourth-order valence-electron chi connectivity index (χ4n) is 5.54. The highest BCUT2D eigenvalue weighted by atomic mass is 35.5. The lowest BCUT2D eigenvalue weighted by Crippen LogP contribution is -2.50. The van der Waals surface area contributed by atoms with Gasteiger partial charge in [-0.15, -0.1) is 0 Å². The lowest BCUT2D eigenvalue weighted by atomic mass is 9.93. The molecule has 2 aromatic carbocycles. The van der Waals surface area contributed by atoms with Crippen molar-refractivity contribution in [3.63, 3.8) is 0 Å². The summed E-state index contributed by atoms with van der Waals surface area (Å²) in [5.74, 6) is -0.660. The van der Waals surface area contributed by atoms with E-state index in [1.54, 1.807) is 18.2 Å². The van der Waals surface area contributed by atoms with Crippen LogP contribution in [-0.4, -0.2) is 62.4 Å². The molecule has 0 spiro atoms. The first-order chi connectivity index (χ1) is 21.9. The Hall–Kier alpha value is -3.40. The molecule has 0 aromatic heterocycles. The van der Waals surface area contributed by atoms with E-state index in [0.29, 0.717) is 17.2 Å². The Morgan fingerprint density at radius 1 is 1.07 bits per heavy atom. The second kappa shape index (κ2) is 15.9. The third kappa shape index (κ3) is 10.0. The number of esters is 1. The summed E-state index contributed by atoms with van der Waals surface area (Å²) in [5.41, 5.74) is 1.32. The minimum absolute atomic E-state index is 0.0863. The molecule has 2 heterocycles. The van der Waals surface area contributed by atoms with Gasteiger partial charge in [-0.25, -0.2) is 4.79 Å². The number of benzene rings is 2. The zero-order valence-electron chi connectivity index (χ0n) is 27.6. The largest absolute Gasteiger partial charge is 0.495 e. The molecule has 0 aliphatic carbocycles. The molecule has 4 rings (SSSR count). The summed E-state index contributed by atoms with van der Waals surface area (Å²) >= 11 is 6.34. The Kier molecular flexibility index (Phi) is 12.3. The fourth-order valence-corrected chi connectivity index (χ4v) is 5.82. The van der Waals surface area contributed by atoms with Crippen LogP contribution in [0.3, 0.4) is 0 Å². The van der Waals surface area contributed by atoms with Gasteiger partial charge in [-0.05, 0) is 41.7 Å². The molecule has 0 saturated carbocycles. The van der Waals surface area contributed by atoms with Crippen molar-refractivity contribution in [2.24, 2.45) is 17.3 Å². The summed E-state index contributed by atoms with van der Waals surface area (Å²) in [4.78, 5) is 40.2. The summed E-state index contributed by atoms with van der Waals surface area (Å²) < 4.78 is 23.7. The summed E-state index contributed by atoms with van der Waals surface area (Å²) in [5, 5.41) is 6.22. The summed E-state index contributed by atoms with van der Waals surface area (Å²) in [6.07, 6.45) is 2.49. The number of carbonyl (C=O) groups is 3. The maximum absolute atomic E-state index is 13.6. The number of nitrogens with one attached hydrogen (secondary N) is 2. The van der Waals surface area contributed by atoms with Crippen LogP contribution in [0, 0.1) is 17.3 Å². The second-order valence-electron chi connectivity index (χ2n) is 13.4. The quantitative estimate of drug-likeness (QED) is 0.281. The third-order valence-corrected chi connectivity index (χ3v) is 8.61.